The van der Waals surface area contributed by atoms with E-state index in [0.717, 1.165) is 11.4 Å². The van der Waals surface area contributed by atoms with E-state index in [4.69, 9.17) is 0 Å². The normalized spacial score (nSPS) is 12.2. The Kier molecular flexibility index (Phi) is 5.14. The molecule has 222 valence electrons. The molecule has 8 aromatic carbocycles. The minimum atomic E-state index is 1.15. The molecule has 0 aliphatic heterocycles. The van der Waals surface area contributed by atoms with Crippen LogP contribution in [0.5, 0.6) is 0 Å². The number of hydrogen-bond donors (Lipinski definition) is 0. The average molecular weight is 609 g/mol. The Morgan fingerprint density at radius 3 is 1.48 bits per heavy atom. The summed E-state index contributed by atoms with van der Waals surface area (Å²) in [5, 5.41) is 7.72. The van der Waals surface area contributed by atoms with E-state index in [1.165, 1.54) is 87.8 Å². The highest BCUT2D eigenvalue weighted by Gasteiger charge is 2.22. The van der Waals surface area contributed by atoms with E-state index >= 15 is 0 Å². The quantitative estimate of drug-likeness (QED) is 0.189. The molecule has 0 saturated carbocycles. The van der Waals surface area contributed by atoms with Crippen molar-refractivity contribution in [2.45, 2.75) is 0 Å². The van der Waals surface area contributed by atoms with Crippen molar-refractivity contribution in [3.05, 3.63) is 170 Å². The first-order chi connectivity index (χ1) is 23.8. The zero-order valence-corrected chi connectivity index (χ0v) is 26.1. The number of fused-ring (bicyclic) bond motifs is 9. The summed E-state index contributed by atoms with van der Waals surface area (Å²) >= 11 is 0. The molecule has 10 aromatic rings. The van der Waals surface area contributed by atoms with Gasteiger partial charge in [-0.1, -0.05) is 115 Å². The third-order valence-corrected chi connectivity index (χ3v) is 10.4. The van der Waals surface area contributed by atoms with Crippen LogP contribution >= 0.6 is 0 Å². The van der Waals surface area contributed by atoms with Gasteiger partial charge in [0.05, 0.1) is 22.1 Å². The maximum atomic E-state index is 2.42. The standard InChI is InChI=1S/C46H28N2/c1-2-12-35-34(11-1)40-16-9-10-30-26-31(27-41(35)46(30)40)29-20-22-32(23-21-29)47-42-17-6-5-15-38(42)39-25-24-33(28-45(39)47)48-43-18-7-3-13-36(43)37-14-4-8-19-44(37)48/h1-28H. The van der Waals surface area contributed by atoms with Gasteiger partial charge in [-0.25, -0.2) is 0 Å². The molecule has 11 rings (SSSR count). The summed E-state index contributed by atoms with van der Waals surface area (Å²) < 4.78 is 4.83. The van der Waals surface area contributed by atoms with Gasteiger partial charge in [-0.15, -0.1) is 0 Å². The number of para-hydroxylation sites is 3. The molecule has 1 aliphatic carbocycles. The van der Waals surface area contributed by atoms with Gasteiger partial charge in [0.2, 0.25) is 0 Å². The molecule has 1 aliphatic rings. The Balaban J connectivity index is 1.09. The molecule has 0 bridgehead atoms. The Labute approximate surface area is 277 Å². The first kappa shape index (κ1) is 25.8. The van der Waals surface area contributed by atoms with E-state index in [2.05, 4.69) is 179 Å². The van der Waals surface area contributed by atoms with Gasteiger partial charge >= 0.3 is 0 Å². The fraction of sp³-hybridized carbons (Fsp3) is 0. The van der Waals surface area contributed by atoms with Crippen LogP contribution in [0.4, 0.5) is 0 Å². The van der Waals surface area contributed by atoms with Crippen LogP contribution in [0.25, 0.3) is 99.1 Å². The molecule has 0 N–H and O–H groups in total. The van der Waals surface area contributed by atoms with Crippen molar-refractivity contribution >= 4 is 54.4 Å². The second kappa shape index (κ2) is 9.57. The number of aromatic nitrogens is 2. The zero-order chi connectivity index (χ0) is 31.3. The first-order valence-electron chi connectivity index (χ1n) is 16.6. The van der Waals surface area contributed by atoms with Gasteiger partial charge in [-0.05, 0) is 98.8 Å². The smallest absolute Gasteiger partial charge is 0.0561 e. The van der Waals surface area contributed by atoms with E-state index in [0.29, 0.717) is 0 Å². The van der Waals surface area contributed by atoms with Crippen LogP contribution in [0, 0.1) is 0 Å². The summed E-state index contributed by atoms with van der Waals surface area (Å²) in [4.78, 5) is 0. The molecule has 0 saturated heterocycles. The number of hydrogen-bond acceptors (Lipinski definition) is 0. The molecule has 0 radical (unpaired) electrons. The van der Waals surface area contributed by atoms with Crippen LogP contribution in [-0.2, 0) is 0 Å². The van der Waals surface area contributed by atoms with E-state index in [1.54, 1.807) is 0 Å². The summed E-state index contributed by atoms with van der Waals surface area (Å²) in [6.07, 6.45) is 0. The molecule has 0 fully saturated rings. The maximum absolute atomic E-state index is 2.42. The highest BCUT2D eigenvalue weighted by atomic mass is 15.0. The molecule has 48 heavy (non-hydrogen) atoms. The van der Waals surface area contributed by atoms with Crippen molar-refractivity contribution in [2.24, 2.45) is 0 Å². The molecule has 2 nitrogen and oxygen atoms in total. The topological polar surface area (TPSA) is 9.86 Å². The van der Waals surface area contributed by atoms with E-state index < -0.39 is 0 Å². The van der Waals surface area contributed by atoms with Crippen molar-refractivity contribution in [1.82, 2.24) is 9.13 Å². The largest absolute Gasteiger partial charge is 0.309 e. The monoisotopic (exact) mass is 608 g/mol. The fourth-order valence-corrected chi connectivity index (χ4v) is 8.36. The number of rotatable bonds is 3. The number of nitrogens with zero attached hydrogens (tertiary/aromatic N) is 2. The third kappa shape index (κ3) is 3.46. The van der Waals surface area contributed by atoms with Gasteiger partial charge in [0.15, 0.2) is 0 Å². The third-order valence-electron chi connectivity index (χ3n) is 10.4. The molecule has 0 atom stereocenters. The van der Waals surface area contributed by atoms with E-state index in [-0.39, 0.29) is 0 Å². The Bertz CT molecular complexity index is 2880. The molecule has 2 heteroatoms. The second-order valence-corrected chi connectivity index (χ2v) is 12.9. The molecular formula is C46H28N2. The predicted octanol–water partition coefficient (Wildman–Crippen LogP) is 12.3. The fourth-order valence-electron chi connectivity index (χ4n) is 8.36. The lowest BCUT2D eigenvalue weighted by Crippen LogP contribution is -1.97. The van der Waals surface area contributed by atoms with E-state index in [1.807, 2.05) is 0 Å². The number of benzene rings is 8. The highest BCUT2D eigenvalue weighted by molar-refractivity contribution is 6.16. The van der Waals surface area contributed by atoms with Crippen LogP contribution in [0.3, 0.4) is 0 Å². The second-order valence-electron chi connectivity index (χ2n) is 12.9. The Hall–Kier alpha value is -6.38. The first-order valence-corrected chi connectivity index (χ1v) is 16.6. The molecule has 0 unspecified atom stereocenters. The van der Waals surface area contributed by atoms with Crippen molar-refractivity contribution in [3.63, 3.8) is 0 Å². The van der Waals surface area contributed by atoms with Crippen LogP contribution in [-0.4, -0.2) is 9.13 Å². The Morgan fingerprint density at radius 2 is 0.812 bits per heavy atom. The van der Waals surface area contributed by atoms with Crippen LogP contribution < -0.4 is 0 Å². The van der Waals surface area contributed by atoms with Crippen molar-refractivity contribution in [3.8, 4) is 44.8 Å². The highest BCUT2D eigenvalue weighted by Crippen LogP contribution is 2.48. The predicted molar refractivity (Wildman–Crippen MR) is 202 cm³/mol. The van der Waals surface area contributed by atoms with Crippen LogP contribution in [0.15, 0.2) is 170 Å². The van der Waals surface area contributed by atoms with Crippen molar-refractivity contribution < 1.29 is 0 Å². The maximum Gasteiger partial charge on any atom is 0.0561 e. The van der Waals surface area contributed by atoms with E-state index in [9.17, 15) is 0 Å². The minimum Gasteiger partial charge on any atom is -0.309 e. The van der Waals surface area contributed by atoms with Crippen LogP contribution in [0.2, 0.25) is 0 Å². The lowest BCUT2D eigenvalue weighted by atomic mass is 9.96. The van der Waals surface area contributed by atoms with Crippen molar-refractivity contribution in [2.75, 3.05) is 0 Å². The molecule has 2 aromatic heterocycles. The van der Waals surface area contributed by atoms with Gasteiger partial charge in [-0.2, -0.15) is 0 Å². The van der Waals surface area contributed by atoms with Gasteiger partial charge in [0.25, 0.3) is 0 Å². The average Bonchev–Trinajstić information content (AvgIpc) is 3.78. The summed E-state index contributed by atoms with van der Waals surface area (Å²) in [7, 11) is 0. The van der Waals surface area contributed by atoms with Gasteiger partial charge in [0.1, 0.15) is 0 Å². The molecule has 0 amide bonds. The lowest BCUT2D eigenvalue weighted by molar-refractivity contribution is 1.15. The minimum absolute atomic E-state index is 1.15. The van der Waals surface area contributed by atoms with Gasteiger partial charge in [-0.3, -0.25) is 0 Å². The van der Waals surface area contributed by atoms with Crippen LogP contribution in [0.1, 0.15) is 0 Å². The molecule has 2 heterocycles. The zero-order valence-electron chi connectivity index (χ0n) is 26.1. The SMILES string of the molecule is c1ccc2c(c1)-c1cccc3cc(-c4ccc(-n5c6ccccc6c6ccc(-n7c8ccccc8c8ccccc87)cc65)cc4)cc-2c13. The summed E-state index contributed by atoms with van der Waals surface area (Å²) in [6.45, 7) is 0. The Morgan fingerprint density at radius 1 is 0.292 bits per heavy atom. The summed E-state index contributed by atoms with van der Waals surface area (Å²) in [6, 6.07) is 62.5. The van der Waals surface area contributed by atoms with Crippen molar-refractivity contribution in [1.29, 1.82) is 0 Å². The lowest BCUT2D eigenvalue weighted by Gasteiger charge is -2.12. The summed E-state index contributed by atoms with van der Waals surface area (Å²) in [5.41, 5.74) is 15.0. The van der Waals surface area contributed by atoms with Gasteiger partial charge in [0, 0.05) is 32.9 Å². The summed E-state index contributed by atoms with van der Waals surface area (Å²) in [5.74, 6) is 0. The molecular weight excluding hydrogens is 581 g/mol. The van der Waals surface area contributed by atoms with Gasteiger partial charge < -0.3 is 9.13 Å². The molecule has 0 spiro atoms.